The third-order valence-electron chi connectivity index (χ3n) is 3.20. The fraction of sp³-hybridized carbons (Fsp3) is 0.438. The lowest BCUT2D eigenvalue weighted by Gasteiger charge is -2.15. The highest BCUT2D eigenvalue weighted by Crippen LogP contribution is 2.16. The molecule has 1 atom stereocenters. The van der Waals surface area contributed by atoms with Crippen LogP contribution in [-0.4, -0.2) is 27.4 Å². The molecule has 0 amide bonds. The molecular weight excluding hydrogens is 288 g/mol. The Kier molecular flexibility index (Phi) is 5.79. The zero-order chi connectivity index (χ0) is 15.2. The first kappa shape index (κ1) is 16.0. The van der Waals surface area contributed by atoms with Crippen molar-refractivity contribution in [1.29, 1.82) is 0 Å². The molecule has 1 aromatic heterocycles. The first-order valence-corrected chi connectivity index (χ1v) is 7.46. The van der Waals surface area contributed by atoms with Crippen LogP contribution in [0.1, 0.15) is 31.2 Å². The predicted molar refractivity (Wildman–Crippen MR) is 83.4 cm³/mol. The molecule has 0 aliphatic carbocycles. The van der Waals surface area contributed by atoms with Crippen LogP contribution in [0.3, 0.4) is 0 Å². The van der Waals surface area contributed by atoms with Gasteiger partial charge in [-0.15, -0.1) is 0 Å². The van der Waals surface area contributed by atoms with Crippen molar-refractivity contribution in [3.63, 3.8) is 0 Å². The molecule has 2 aromatic rings. The lowest BCUT2D eigenvalue weighted by atomic mass is 10.2. The molecule has 0 saturated carbocycles. The minimum Gasteiger partial charge on any atom is -0.389 e. The summed E-state index contributed by atoms with van der Waals surface area (Å²) in [4.78, 5) is 4.30. The Morgan fingerprint density at radius 1 is 1.33 bits per heavy atom. The molecule has 0 spiro atoms. The summed E-state index contributed by atoms with van der Waals surface area (Å²) in [6, 6.07) is 7.55. The second kappa shape index (κ2) is 7.59. The van der Waals surface area contributed by atoms with Crippen LogP contribution < -0.4 is 0 Å². The van der Waals surface area contributed by atoms with Crippen LogP contribution in [0.4, 0.5) is 0 Å². The topological polar surface area (TPSA) is 47.3 Å². The smallest absolute Gasteiger partial charge is 0.111 e. The van der Waals surface area contributed by atoms with Gasteiger partial charge in [0.15, 0.2) is 0 Å². The van der Waals surface area contributed by atoms with E-state index in [1.54, 1.807) is 6.20 Å². The van der Waals surface area contributed by atoms with E-state index >= 15 is 0 Å². The van der Waals surface area contributed by atoms with Crippen LogP contribution in [0.25, 0.3) is 0 Å². The molecule has 1 unspecified atom stereocenters. The maximum absolute atomic E-state index is 10.1. The molecule has 1 aromatic carbocycles. The molecule has 21 heavy (non-hydrogen) atoms. The average molecular weight is 309 g/mol. The quantitative estimate of drug-likeness (QED) is 0.854. The van der Waals surface area contributed by atoms with Crippen molar-refractivity contribution in [2.45, 2.75) is 39.0 Å². The molecule has 5 heteroatoms. The number of ether oxygens (including phenoxy) is 1. The van der Waals surface area contributed by atoms with E-state index in [-0.39, 0.29) is 6.61 Å². The molecule has 4 nitrogen and oxygen atoms in total. The van der Waals surface area contributed by atoms with E-state index in [4.69, 9.17) is 16.3 Å². The van der Waals surface area contributed by atoms with Gasteiger partial charge in [-0.1, -0.05) is 43.6 Å². The molecule has 0 radical (unpaired) electrons. The van der Waals surface area contributed by atoms with E-state index in [9.17, 15) is 5.11 Å². The van der Waals surface area contributed by atoms with E-state index in [0.717, 1.165) is 11.4 Å². The second-order valence-corrected chi connectivity index (χ2v) is 5.76. The molecule has 1 heterocycles. The van der Waals surface area contributed by atoms with Gasteiger partial charge in [0.05, 0.1) is 25.9 Å². The predicted octanol–water partition coefficient (Wildman–Crippen LogP) is 3.24. The van der Waals surface area contributed by atoms with Crippen molar-refractivity contribution in [3.8, 4) is 0 Å². The summed E-state index contributed by atoms with van der Waals surface area (Å²) in [5, 5.41) is 10.8. The van der Waals surface area contributed by atoms with Gasteiger partial charge >= 0.3 is 0 Å². The third-order valence-corrected chi connectivity index (χ3v) is 3.57. The van der Waals surface area contributed by atoms with E-state index in [1.165, 1.54) is 0 Å². The van der Waals surface area contributed by atoms with Crippen molar-refractivity contribution in [2.24, 2.45) is 0 Å². The Bertz CT molecular complexity index is 569. The van der Waals surface area contributed by atoms with Crippen LogP contribution in [0.2, 0.25) is 5.02 Å². The average Bonchev–Trinajstić information content (AvgIpc) is 2.89. The number of aliphatic hydroxyl groups is 1. The molecule has 114 valence electrons. The maximum atomic E-state index is 10.1. The monoisotopic (exact) mass is 308 g/mol. The number of imidazole rings is 1. The number of benzene rings is 1. The third kappa shape index (κ3) is 4.56. The van der Waals surface area contributed by atoms with E-state index in [0.29, 0.717) is 24.1 Å². The van der Waals surface area contributed by atoms with E-state index < -0.39 is 6.10 Å². The number of aromatic nitrogens is 2. The fourth-order valence-corrected chi connectivity index (χ4v) is 2.37. The Balaban J connectivity index is 1.81. The summed E-state index contributed by atoms with van der Waals surface area (Å²) in [6.07, 6.45) is 3.07. The Morgan fingerprint density at radius 3 is 2.81 bits per heavy atom. The van der Waals surface area contributed by atoms with Gasteiger partial charge in [-0.3, -0.25) is 0 Å². The van der Waals surface area contributed by atoms with Crippen LogP contribution in [0, 0.1) is 0 Å². The van der Waals surface area contributed by atoms with Crippen molar-refractivity contribution < 1.29 is 9.84 Å². The van der Waals surface area contributed by atoms with E-state index in [2.05, 4.69) is 18.8 Å². The summed E-state index contributed by atoms with van der Waals surface area (Å²) < 4.78 is 7.51. The standard InChI is InChI=1S/C16H21ClN2O2/c1-12(2)16-18-7-8-19(16)9-14(20)11-21-10-13-5-3-4-6-15(13)17/h3-8,12,14,20H,9-11H2,1-2H3. The second-order valence-electron chi connectivity index (χ2n) is 5.35. The Hall–Kier alpha value is -1.36. The highest BCUT2D eigenvalue weighted by molar-refractivity contribution is 6.31. The number of aliphatic hydroxyl groups excluding tert-OH is 1. The summed E-state index contributed by atoms with van der Waals surface area (Å²) in [7, 11) is 0. The van der Waals surface area contributed by atoms with Gasteiger partial charge in [-0.25, -0.2) is 4.98 Å². The molecular formula is C16H21ClN2O2. The summed E-state index contributed by atoms with van der Waals surface area (Å²) in [5.74, 6) is 1.30. The highest BCUT2D eigenvalue weighted by Gasteiger charge is 2.11. The number of halogens is 1. The summed E-state index contributed by atoms with van der Waals surface area (Å²) in [6.45, 7) is 5.31. The largest absolute Gasteiger partial charge is 0.389 e. The van der Waals surface area contributed by atoms with Crippen LogP contribution in [0.5, 0.6) is 0 Å². The first-order chi connectivity index (χ1) is 10.1. The number of hydrogen-bond donors (Lipinski definition) is 1. The molecule has 0 aliphatic rings. The molecule has 0 fully saturated rings. The molecule has 0 saturated heterocycles. The summed E-state index contributed by atoms with van der Waals surface area (Å²) in [5.41, 5.74) is 0.928. The van der Waals surface area contributed by atoms with Gasteiger partial charge in [-0.05, 0) is 11.6 Å². The van der Waals surface area contributed by atoms with Gasteiger partial charge < -0.3 is 14.4 Å². The lowest BCUT2D eigenvalue weighted by Crippen LogP contribution is -2.23. The van der Waals surface area contributed by atoms with Crippen molar-refractivity contribution in [2.75, 3.05) is 6.61 Å². The molecule has 0 bridgehead atoms. The first-order valence-electron chi connectivity index (χ1n) is 7.08. The Labute approximate surface area is 130 Å². The lowest BCUT2D eigenvalue weighted by molar-refractivity contribution is 0.0199. The SMILES string of the molecule is CC(C)c1nccn1CC(O)COCc1ccccc1Cl. The number of rotatable bonds is 7. The maximum Gasteiger partial charge on any atom is 0.111 e. The summed E-state index contributed by atoms with van der Waals surface area (Å²) >= 11 is 6.06. The van der Waals surface area contributed by atoms with Crippen molar-refractivity contribution in [3.05, 3.63) is 53.1 Å². The highest BCUT2D eigenvalue weighted by atomic mass is 35.5. The van der Waals surface area contributed by atoms with Crippen molar-refractivity contribution in [1.82, 2.24) is 9.55 Å². The zero-order valence-corrected chi connectivity index (χ0v) is 13.1. The zero-order valence-electron chi connectivity index (χ0n) is 12.4. The van der Waals surface area contributed by atoms with Gasteiger partial charge in [0.25, 0.3) is 0 Å². The van der Waals surface area contributed by atoms with Gasteiger partial charge in [0.1, 0.15) is 5.82 Å². The molecule has 2 rings (SSSR count). The minimum absolute atomic E-state index is 0.265. The van der Waals surface area contributed by atoms with Gasteiger partial charge in [-0.2, -0.15) is 0 Å². The normalized spacial score (nSPS) is 12.8. The molecule has 1 N–H and O–H groups in total. The van der Waals surface area contributed by atoms with Gasteiger partial charge in [0.2, 0.25) is 0 Å². The Morgan fingerprint density at radius 2 is 2.10 bits per heavy atom. The number of nitrogens with zero attached hydrogens (tertiary/aromatic N) is 2. The van der Waals surface area contributed by atoms with Crippen LogP contribution >= 0.6 is 11.6 Å². The van der Waals surface area contributed by atoms with Crippen molar-refractivity contribution >= 4 is 11.6 Å². The number of hydrogen-bond acceptors (Lipinski definition) is 3. The fourth-order valence-electron chi connectivity index (χ4n) is 2.18. The van der Waals surface area contributed by atoms with Gasteiger partial charge in [0, 0.05) is 23.3 Å². The molecule has 0 aliphatic heterocycles. The van der Waals surface area contributed by atoms with Crippen LogP contribution in [-0.2, 0) is 17.9 Å². The minimum atomic E-state index is -0.570. The van der Waals surface area contributed by atoms with E-state index in [1.807, 2.05) is 35.0 Å². The van der Waals surface area contributed by atoms with Crippen LogP contribution in [0.15, 0.2) is 36.7 Å².